The number of aliphatic hydroxyl groups excluding tert-OH is 1. The molecule has 7 heteroatoms. The van der Waals surface area contributed by atoms with E-state index in [-0.39, 0.29) is 11.3 Å². The van der Waals surface area contributed by atoms with E-state index in [9.17, 15) is 9.90 Å². The quantitative estimate of drug-likeness (QED) is 0.759. The number of nitriles is 1. The van der Waals surface area contributed by atoms with Crippen molar-refractivity contribution in [1.82, 2.24) is 0 Å². The number of aliphatic hydroxyl groups is 1. The minimum atomic E-state index is -0.554. The third-order valence-electron chi connectivity index (χ3n) is 2.87. The van der Waals surface area contributed by atoms with Crippen LogP contribution in [0.25, 0.3) is 0 Å². The van der Waals surface area contributed by atoms with Gasteiger partial charge in [-0.2, -0.15) is 5.26 Å². The number of carbonyl (C=O) groups excluding carboxylic acids is 1. The van der Waals surface area contributed by atoms with E-state index >= 15 is 0 Å². The fraction of sp³-hybridized carbons (Fsp3) is 0.455. The third kappa shape index (κ3) is 2.00. The molecule has 2 heterocycles. The van der Waals surface area contributed by atoms with Crippen molar-refractivity contribution < 1.29 is 14.6 Å². The molecule has 1 aliphatic rings. The van der Waals surface area contributed by atoms with Gasteiger partial charge in [0.2, 0.25) is 0 Å². The molecule has 0 bridgehead atoms. The number of nitrogen functional groups attached to an aromatic ring is 1. The Morgan fingerprint density at radius 3 is 2.94 bits per heavy atom. The molecule has 1 unspecified atom stereocenters. The topological polar surface area (TPSA) is 99.6 Å². The first-order valence-electron chi connectivity index (χ1n) is 5.42. The SMILES string of the molecule is COC(=O)c1c(N2CCC(O)C2)sc(C#N)c1N. The fourth-order valence-electron chi connectivity index (χ4n) is 1.96. The van der Waals surface area contributed by atoms with Crippen molar-refractivity contribution in [3.63, 3.8) is 0 Å². The molecule has 6 nitrogen and oxygen atoms in total. The summed E-state index contributed by atoms with van der Waals surface area (Å²) in [7, 11) is 1.27. The van der Waals surface area contributed by atoms with Crippen LogP contribution in [0, 0.1) is 11.3 Å². The zero-order valence-corrected chi connectivity index (χ0v) is 10.7. The van der Waals surface area contributed by atoms with Gasteiger partial charge in [-0.05, 0) is 6.42 Å². The zero-order valence-electron chi connectivity index (χ0n) is 9.84. The van der Waals surface area contributed by atoms with Gasteiger partial charge >= 0.3 is 5.97 Å². The number of rotatable bonds is 2. The molecule has 1 aliphatic heterocycles. The molecule has 0 aliphatic carbocycles. The number of carbonyl (C=O) groups is 1. The number of β-amino-alcohol motifs (C(OH)–C–C–N with tert-alkyl or cyclic N) is 1. The Bertz CT molecular complexity index is 520. The maximum Gasteiger partial charge on any atom is 0.343 e. The Balaban J connectivity index is 2.46. The van der Waals surface area contributed by atoms with Crippen molar-refractivity contribution >= 4 is 28.0 Å². The highest BCUT2D eigenvalue weighted by atomic mass is 32.1. The van der Waals surface area contributed by atoms with E-state index in [1.54, 1.807) is 0 Å². The van der Waals surface area contributed by atoms with Gasteiger partial charge in [0.1, 0.15) is 21.5 Å². The lowest BCUT2D eigenvalue weighted by molar-refractivity contribution is 0.0603. The van der Waals surface area contributed by atoms with Gasteiger partial charge in [0.15, 0.2) is 0 Å². The van der Waals surface area contributed by atoms with Gasteiger partial charge in [-0.25, -0.2) is 4.79 Å². The standard InChI is InChI=1S/C11H13N3O3S/c1-17-11(16)8-9(13)7(4-12)18-10(8)14-3-2-6(15)5-14/h6,15H,2-3,5,13H2,1H3. The normalized spacial score (nSPS) is 18.7. The number of esters is 1. The summed E-state index contributed by atoms with van der Waals surface area (Å²) >= 11 is 1.16. The van der Waals surface area contributed by atoms with E-state index in [4.69, 9.17) is 15.7 Å². The number of nitrogens with two attached hydrogens (primary N) is 1. The van der Waals surface area contributed by atoms with E-state index in [1.165, 1.54) is 7.11 Å². The minimum Gasteiger partial charge on any atom is -0.465 e. The van der Waals surface area contributed by atoms with E-state index in [1.807, 2.05) is 11.0 Å². The second kappa shape index (κ2) is 4.84. The number of nitrogens with zero attached hydrogens (tertiary/aromatic N) is 2. The highest BCUT2D eigenvalue weighted by Gasteiger charge is 2.30. The van der Waals surface area contributed by atoms with Crippen LogP contribution in [-0.2, 0) is 4.74 Å². The van der Waals surface area contributed by atoms with Crippen LogP contribution in [0.4, 0.5) is 10.7 Å². The number of hydrogen-bond acceptors (Lipinski definition) is 7. The highest BCUT2D eigenvalue weighted by molar-refractivity contribution is 7.17. The summed E-state index contributed by atoms with van der Waals surface area (Å²) in [5, 5.41) is 19.1. The average molecular weight is 267 g/mol. The van der Waals surface area contributed by atoms with E-state index in [0.717, 1.165) is 11.3 Å². The summed E-state index contributed by atoms with van der Waals surface area (Å²) < 4.78 is 4.69. The predicted octanol–water partition coefficient (Wildman–Crippen LogP) is 0.560. The lowest BCUT2D eigenvalue weighted by Gasteiger charge is -2.16. The summed E-state index contributed by atoms with van der Waals surface area (Å²) in [5.41, 5.74) is 6.18. The average Bonchev–Trinajstić information content (AvgIpc) is 2.92. The first-order chi connectivity index (χ1) is 8.58. The van der Waals surface area contributed by atoms with Crippen LogP contribution in [0.5, 0.6) is 0 Å². The minimum absolute atomic E-state index is 0.158. The molecular weight excluding hydrogens is 254 g/mol. The molecule has 1 saturated heterocycles. The molecule has 1 aromatic heterocycles. The van der Waals surface area contributed by atoms with E-state index in [2.05, 4.69) is 0 Å². The van der Waals surface area contributed by atoms with Gasteiger partial charge in [-0.1, -0.05) is 0 Å². The Morgan fingerprint density at radius 2 is 2.44 bits per heavy atom. The Kier molecular flexibility index (Phi) is 3.41. The number of ether oxygens (including phenoxy) is 1. The number of hydrogen-bond donors (Lipinski definition) is 2. The van der Waals surface area contributed by atoms with Crippen molar-refractivity contribution in [1.29, 1.82) is 5.26 Å². The van der Waals surface area contributed by atoms with Gasteiger partial charge in [0.25, 0.3) is 0 Å². The first-order valence-corrected chi connectivity index (χ1v) is 6.23. The van der Waals surface area contributed by atoms with Gasteiger partial charge < -0.3 is 20.5 Å². The molecule has 3 N–H and O–H groups in total. The van der Waals surface area contributed by atoms with Crippen molar-refractivity contribution in [2.75, 3.05) is 30.8 Å². The van der Waals surface area contributed by atoms with Gasteiger partial charge in [0, 0.05) is 13.1 Å². The number of methoxy groups -OCH3 is 1. The molecule has 0 spiro atoms. The largest absolute Gasteiger partial charge is 0.465 e. The highest BCUT2D eigenvalue weighted by Crippen LogP contribution is 2.39. The molecule has 0 amide bonds. The smallest absolute Gasteiger partial charge is 0.343 e. The van der Waals surface area contributed by atoms with Gasteiger partial charge in [0.05, 0.1) is 18.9 Å². The molecule has 96 valence electrons. The summed E-state index contributed by atoms with van der Waals surface area (Å²) in [6.07, 6.45) is 0.227. The molecule has 0 radical (unpaired) electrons. The summed E-state index contributed by atoms with van der Waals surface area (Å²) in [5.74, 6) is -0.554. The Labute approximate surface area is 108 Å². The van der Waals surface area contributed by atoms with Gasteiger partial charge in [-0.3, -0.25) is 0 Å². The molecule has 0 saturated carbocycles. The predicted molar refractivity (Wildman–Crippen MR) is 67.6 cm³/mol. The van der Waals surface area contributed by atoms with Crippen molar-refractivity contribution in [3.05, 3.63) is 10.4 Å². The third-order valence-corrected chi connectivity index (χ3v) is 4.04. The van der Waals surface area contributed by atoms with Crippen LogP contribution in [0.1, 0.15) is 21.7 Å². The summed E-state index contributed by atoms with van der Waals surface area (Å²) in [4.78, 5) is 13.9. The van der Waals surface area contributed by atoms with Crippen LogP contribution in [0.15, 0.2) is 0 Å². The van der Waals surface area contributed by atoms with Crippen LogP contribution >= 0.6 is 11.3 Å². The zero-order chi connectivity index (χ0) is 13.3. The van der Waals surface area contributed by atoms with Crippen LogP contribution in [0.3, 0.4) is 0 Å². The van der Waals surface area contributed by atoms with Crippen molar-refractivity contribution in [2.24, 2.45) is 0 Å². The second-order valence-corrected chi connectivity index (χ2v) is 5.02. The monoisotopic (exact) mass is 267 g/mol. The van der Waals surface area contributed by atoms with E-state index < -0.39 is 12.1 Å². The number of anilines is 2. The van der Waals surface area contributed by atoms with Gasteiger partial charge in [-0.15, -0.1) is 11.3 Å². The molecule has 0 aromatic carbocycles. The van der Waals surface area contributed by atoms with Crippen LogP contribution < -0.4 is 10.6 Å². The maximum absolute atomic E-state index is 11.7. The second-order valence-electron chi connectivity index (χ2n) is 4.02. The molecule has 1 fully saturated rings. The molecule has 1 atom stereocenters. The lowest BCUT2D eigenvalue weighted by Crippen LogP contribution is -2.22. The summed E-state index contributed by atoms with van der Waals surface area (Å²) in [6, 6.07) is 1.97. The Morgan fingerprint density at radius 1 is 1.72 bits per heavy atom. The maximum atomic E-state index is 11.7. The first kappa shape index (κ1) is 12.7. The fourth-order valence-corrected chi connectivity index (χ4v) is 3.00. The number of thiophene rings is 1. The van der Waals surface area contributed by atoms with Crippen molar-refractivity contribution in [2.45, 2.75) is 12.5 Å². The van der Waals surface area contributed by atoms with Crippen LogP contribution in [0.2, 0.25) is 0 Å². The molecule has 1 aromatic rings. The summed E-state index contributed by atoms with van der Waals surface area (Å²) in [6.45, 7) is 1.07. The lowest BCUT2D eigenvalue weighted by atomic mass is 10.2. The van der Waals surface area contributed by atoms with Crippen LogP contribution in [-0.4, -0.2) is 37.4 Å². The van der Waals surface area contributed by atoms with E-state index in [0.29, 0.717) is 29.4 Å². The molecular formula is C11H13N3O3S. The van der Waals surface area contributed by atoms with Crippen molar-refractivity contribution in [3.8, 4) is 6.07 Å². The molecule has 18 heavy (non-hydrogen) atoms. The Hall–Kier alpha value is -1.78. The molecule has 2 rings (SSSR count).